The van der Waals surface area contributed by atoms with Crippen LogP contribution in [0.3, 0.4) is 0 Å². The molecule has 1 amide bonds. The van der Waals surface area contributed by atoms with Gasteiger partial charge in [0.25, 0.3) is 5.91 Å². The minimum Gasteiger partial charge on any atom is -0.496 e. The van der Waals surface area contributed by atoms with Gasteiger partial charge in [0.1, 0.15) is 11.9 Å². The maximum atomic E-state index is 12.2. The maximum absolute atomic E-state index is 12.2. The lowest BCUT2D eigenvalue weighted by atomic mass is 10.2. The lowest BCUT2D eigenvalue weighted by Gasteiger charge is -2.15. The van der Waals surface area contributed by atoms with Crippen LogP contribution in [-0.2, 0) is 4.74 Å². The lowest BCUT2D eigenvalue weighted by Crippen LogP contribution is -2.29. The van der Waals surface area contributed by atoms with Crippen molar-refractivity contribution < 1.29 is 14.3 Å². The number of ether oxygens (including phenoxy) is 2. The van der Waals surface area contributed by atoms with Crippen LogP contribution < -0.4 is 10.1 Å². The molecule has 1 heterocycles. The van der Waals surface area contributed by atoms with Gasteiger partial charge in [0.05, 0.1) is 12.7 Å². The van der Waals surface area contributed by atoms with Crippen molar-refractivity contribution in [3.8, 4) is 5.75 Å². The van der Waals surface area contributed by atoms with Crippen molar-refractivity contribution in [2.45, 2.75) is 13.0 Å². The minimum atomic E-state index is -0.164. The predicted octanol–water partition coefficient (Wildman–Crippen LogP) is 3.18. The molecule has 1 aromatic carbocycles. The third-order valence-corrected chi connectivity index (χ3v) is 4.26. The van der Waals surface area contributed by atoms with E-state index >= 15 is 0 Å². The topological polar surface area (TPSA) is 47.6 Å². The second kappa shape index (κ2) is 7.24. The molecule has 2 rings (SSSR count). The number of carbonyl (C=O) groups is 1. The highest BCUT2D eigenvalue weighted by Crippen LogP contribution is 2.25. The second-order valence-electron chi connectivity index (χ2n) is 4.58. The number of thiophene rings is 1. The third-order valence-electron chi connectivity index (χ3n) is 3.16. The van der Waals surface area contributed by atoms with Gasteiger partial charge >= 0.3 is 0 Å². The summed E-state index contributed by atoms with van der Waals surface area (Å²) in [6.45, 7) is 2.47. The number of para-hydroxylation sites is 1. The van der Waals surface area contributed by atoms with Crippen LogP contribution in [0.25, 0.3) is 0 Å². The van der Waals surface area contributed by atoms with Crippen LogP contribution in [0.15, 0.2) is 36.4 Å². The quantitative estimate of drug-likeness (QED) is 0.891. The first-order valence-electron chi connectivity index (χ1n) is 6.66. The maximum Gasteiger partial charge on any atom is 0.255 e. The summed E-state index contributed by atoms with van der Waals surface area (Å²) in [6.07, 6.45) is -0.137. The highest BCUT2D eigenvalue weighted by Gasteiger charge is 2.16. The van der Waals surface area contributed by atoms with Gasteiger partial charge in [-0.2, -0.15) is 0 Å². The molecule has 0 saturated carbocycles. The second-order valence-corrected chi connectivity index (χ2v) is 5.90. The average Bonchev–Trinajstić information content (AvgIpc) is 2.94. The van der Waals surface area contributed by atoms with E-state index in [1.807, 2.05) is 31.2 Å². The molecule has 0 fully saturated rings. The first-order valence-corrected chi connectivity index (χ1v) is 7.47. The molecule has 0 spiro atoms. The Morgan fingerprint density at radius 1 is 1.24 bits per heavy atom. The van der Waals surface area contributed by atoms with E-state index in [1.165, 1.54) is 4.88 Å². The van der Waals surface area contributed by atoms with Crippen molar-refractivity contribution in [1.29, 1.82) is 0 Å². The van der Waals surface area contributed by atoms with E-state index in [0.29, 0.717) is 17.9 Å². The van der Waals surface area contributed by atoms with Gasteiger partial charge in [0.2, 0.25) is 0 Å². The Balaban J connectivity index is 2.02. The van der Waals surface area contributed by atoms with E-state index in [0.717, 1.165) is 4.88 Å². The van der Waals surface area contributed by atoms with E-state index in [1.54, 1.807) is 37.7 Å². The van der Waals surface area contributed by atoms with Gasteiger partial charge in [-0.05, 0) is 31.2 Å². The monoisotopic (exact) mass is 305 g/mol. The van der Waals surface area contributed by atoms with Gasteiger partial charge in [0, 0.05) is 23.4 Å². The van der Waals surface area contributed by atoms with Gasteiger partial charge in [-0.1, -0.05) is 12.1 Å². The molecule has 1 N–H and O–H groups in total. The SMILES string of the molecule is COc1ccccc1C(=O)NCC(OC)c1ccc(C)s1. The number of hydrogen-bond donors (Lipinski definition) is 1. The Morgan fingerprint density at radius 3 is 2.62 bits per heavy atom. The minimum absolute atomic E-state index is 0.137. The summed E-state index contributed by atoms with van der Waals surface area (Å²) in [5.74, 6) is 0.402. The van der Waals surface area contributed by atoms with E-state index in [4.69, 9.17) is 9.47 Å². The molecule has 1 aromatic heterocycles. The van der Waals surface area contributed by atoms with Crippen molar-refractivity contribution in [2.24, 2.45) is 0 Å². The zero-order chi connectivity index (χ0) is 15.2. The summed E-state index contributed by atoms with van der Waals surface area (Å²) in [7, 11) is 3.20. The van der Waals surface area contributed by atoms with E-state index in [9.17, 15) is 4.79 Å². The Hall–Kier alpha value is -1.85. The Bertz CT molecular complexity index is 609. The summed E-state index contributed by atoms with van der Waals surface area (Å²) >= 11 is 1.67. The van der Waals surface area contributed by atoms with E-state index < -0.39 is 0 Å². The van der Waals surface area contributed by atoms with Crippen molar-refractivity contribution in [3.05, 3.63) is 51.7 Å². The van der Waals surface area contributed by atoms with Gasteiger partial charge in [0.15, 0.2) is 0 Å². The van der Waals surface area contributed by atoms with E-state index in [2.05, 4.69) is 5.32 Å². The number of benzene rings is 1. The molecule has 2 aromatic rings. The first-order chi connectivity index (χ1) is 10.2. The van der Waals surface area contributed by atoms with Crippen LogP contribution in [0, 0.1) is 6.92 Å². The van der Waals surface area contributed by atoms with Crippen LogP contribution in [-0.4, -0.2) is 26.7 Å². The first kappa shape index (κ1) is 15.5. The lowest BCUT2D eigenvalue weighted by molar-refractivity contribution is 0.0835. The molecule has 0 aliphatic rings. The van der Waals surface area contributed by atoms with Gasteiger partial charge in [-0.3, -0.25) is 4.79 Å². The van der Waals surface area contributed by atoms with Crippen LogP contribution in [0.5, 0.6) is 5.75 Å². The molecule has 0 aliphatic carbocycles. The van der Waals surface area contributed by atoms with Crippen LogP contribution in [0.1, 0.15) is 26.2 Å². The normalized spacial score (nSPS) is 12.0. The van der Waals surface area contributed by atoms with Crippen molar-refractivity contribution in [2.75, 3.05) is 20.8 Å². The fraction of sp³-hybridized carbons (Fsp3) is 0.312. The predicted molar refractivity (Wildman–Crippen MR) is 84.1 cm³/mol. The molecule has 21 heavy (non-hydrogen) atoms. The third kappa shape index (κ3) is 3.83. The van der Waals surface area contributed by atoms with Crippen molar-refractivity contribution in [1.82, 2.24) is 5.32 Å². The van der Waals surface area contributed by atoms with Gasteiger partial charge in [-0.25, -0.2) is 0 Å². The van der Waals surface area contributed by atoms with Gasteiger partial charge < -0.3 is 14.8 Å². The largest absolute Gasteiger partial charge is 0.496 e. The highest BCUT2D eigenvalue weighted by atomic mass is 32.1. The molecule has 1 atom stereocenters. The zero-order valence-corrected chi connectivity index (χ0v) is 13.2. The van der Waals surface area contributed by atoms with Crippen LogP contribution in [0.4, 0.5) is 0 Å². The number of amides is 1. The molecule has 4 nitrogen and oxygen atoms in total. The summed E-state index contributed by atoms with van der Waals surface area (Å²) in [5.41, 5.74) is 0.525. The molecule has 5 heteroatoms. The molecule has 1 unspecified atom stereocenters. The number of nitrogens with one attached hydrogen (secondary N) is 1. The molecule has 0 aliphatic heterocycles. The fourth-order valence-corrected chi connectivity index (χ4v) is 2.99. The molecule has 0 saturated heterocycles. The summed E-state index contributed by atoms with van der Waals surface area (Å²) in [5, 5.41) is 2.90. The highest BCUT2D eigenvalue weighted by molar-refractivity contribution is 7.12. The van der Waals surface area contributed by atoms with Crippen LogP contribution in [0.2, 0.25) is 0 Å². The Morgan fingerprint density at radius 2 is 2.00 bits per heavy atom. The number of carbonyl (C=O) groups excluding carboxylic acids is 1. The summed E-state index contributed by atoms with van der Waals surface area (Å²) in [6, 6.07) is 11.2. The summed E-state index contributed by atoms with van der Waals surface area (Å²) in [4.78, 5) is 14.6. The van der Waals surface area contributed by atoms with E-state index in [-0.39, 0.29) is 12.0 Å². The molecule has 0 radical (unpaired) electrons. The molecular weight excluding hydrogens is 286 g/mol. The Labute approximate surface area is 128 Å². The van der Waals surface area contributed by atoms with Crippen molar-refractivity contribution in [3.63, 3.8) is 0 Å². The number of hydrogen-bond acceptors (Lipinski definition) is 4. The number of rotatable bonds is 6. The smallest absolute Gasteiger partial charge is 0.255 e. The standard InChI is InChI=1S/C16H19NO3S/c1-11-8-9-15(21-11)14(20-3)10-17-16(18)12-6-4-5-7-13(12)19-2/h4-9,14H,10H2,1-3H3,(H,17,18). The average molecular weight is 305 g/mol. The fourth-order valence-electron chi connectivity index (χ4n) is 2.04. The molecule has 112 valence electrons. The Kier molecular flexibility index (Phi) is 5.36. The zero-order valence-electron chi connectivity index (χ0n) is 12.4. The number of methoxy groups -OCH3 is 2. The number of aryl methyl sites for hydroxylation is 1. The molecular formula is C16H19NO3S. The molecule has 0 bridgehead atoms. The summed E-state index contributed by atoms with van der Waals surface area (Å²) < 4.78 is 10.7. The van der Waals surface area contributed by atoms with Gasteiger partial charge in [-0.15, -0.1) is 11.3 Å². The van der Waals surface area contributed by atoms with Crippen molar-refractivity contribution >= 4 is 17.2 Å². The van der Waals surface area contributed by atoms with Crippen LogP contribution >= 0.6 is 11.3 Å².